The van der Waals surface area contributed by atoms with Crippen molar-refractivity contribution in [3.63, 3.8) is 0 Å². The molecule has 0 aliphatic carbocycles. The lowest BCUT2D eigenvalue weighted by molar-refractivity contribution is -0.141. The first-order valence-electron chi connectivity index (χ1n) is 10.8. The van der Waals surface area contributed by atoms with Gasteiger partial charge in [-0.1, -0.05) is 90.0 Å². The van der Waals surface area contributed by atoms with Gasteiger partial charge in [0.05, 0.1) is 0 Å². The maximum atomic E-state index is 13.5. The van der Waals surface area contributed by atoms with Gasteiger partial charge < -0.3 is 10.2 Å². The number of nitrogens with zero attached hydrogens (tertiary/aromatic N) is 1. The van der Waals surface area contributed by atoms with Crippen molar-refractivity contribution in [3.05, 3.63) is 106 Å². The Morgan fingerprint density at radius 2 is 1.56 bits per heavy atom. The van der Waals surface area contributed by atoms with Gasteiger partial charge in [0.1, 0.15) is 6.04 Å². The van der Waals surface area contributed by atoms with E-state index in [9.17, 15) is 9.59 Å². The number of amides is 2. The minimum absolute atomic E-state index is 0.0741. The number of carbonyl (C=O) groups is 2. The minimum atomic E-state index is -0.635. The fraction of sp³-hybridized carbons (Fsp3) is 0.259. The molecule has 2 amide bonds. The largest absolute Gasteiger partial charge is 0.357 e. The second kappa shape index (κ2) is 11.5. The molecule has 0 saturated heterocycles. The molecule has 32 heavy (non-hydrogen) atoms. The molecule has 4 nitrogen and oxygen atoms in total. The van der Waals surface area contributed by atoms with Gasteiger partial charge in [-0.05, 0) is 36.1 Å². The zero-order chi connectivity index (χ0) is 22.9. The summed E-state index contributed by atoms with van der Waals surface area (Å²) in [6, 6.07) is 24.7. The number of rotatable bonds is 9. The van der Waals surface area contributed by atoms with Gasteiger partial charge in [-0.2, -0.15) is 0 Å². The molecule has 1 unspecified atom stereocenters. The van der Waals surface area contributed by atoms with Crippen molar-refractivity contribution in [2.24, 2.45) is 0 Å². The number of hydrogen-bond donors (Lipinski definition) is 1. The summed E-state index contributed by atoms with van der Waals surface area (Å²) in [7, 11) is 1.60. The van der Waals surface area contributed by atoms with Crippen LogP contribution < -0.4 is 5.32 Å². The molecule has 0 radical (unpaired) electrons. The smallest absolute Gasteiger partial charge is 0.242 e. The molecule has 0 aromatic heterocycles. The number of benzene rings is 3. The Hall–Kier alpha value is -3.11. The average Bonchev–Trinajstić information content (AvgIpc) is 2.82. The second-order valence-corrected chi connectivity index (χ2v) is 8.33. The average molecular weight is 449 g/mol. The van der Waals surface area contributed by atoms with E-state index in [-0.39, 0.29) is 18.4 Å². The van der Waals surface area contributed by atoms with E-state index >= 15 is 0 Å². The molecular weight excluding hydrogens is 420 g/mol. The third-order valence-corrected chi connectivity index (χ3v) is 5.93. The standard InChI is InChI=1S/C27H29ClN2O2/c1-20-12-14-21(15-13-20)16-17-26(31)30(19-23-10-6-7-11-24(23)28)25(27(32)29-2)18-22-8-4-3-5-9-22/h3-15,25H,16-19H2,1-2H3,(H,29,32). The fourth-order valence-corrected chi connectivity index (χ4v) is 3.88. The van der Waals surface area contributed by atoms with E-state index in [2.05, 4.69) is 5.32 Å². The molecular formula is C27H29ClN2O2. The Bertz CT molecular complexity index is 1040. The second-order valence-electron chi connectivity index (χ2n) is 7.92. The van der Waals surface area contributed by atoms with Crippen LogP contribution in [-0.4, -0.2) is 29.8 Å². The van der Waals surface area contributed by atoms with Gasteiger partial charge in [-0.25, -0.2) is 0 Å². The molecule has 0 aliphatic rings. The number of halogens is 1. The highest BCUT2D eigenvalue weighted by Crippen LogP contribution is 2.21. The summed E-state index contributed by atoms with van der Waals surface area (Å²) in [5.74, 6) is -0.264. The molecule has 166 valence electrons. The highest BCUT2D eigenvalue weighted by atomic mass is 35.5. The Labute approximate surface area is 195 Å². The molecule has 3 aromatic rings. The maximum Gasteiger partial charge on any atom is 0.242 e. The molecule has 1 atom stereocenters. The summed E-state index contributed by atoms with van der Waals surface area (Å²) >= 11 is 6.40. The highest BCUT2D eigenvalue weighted by Gasteiger charge is 2.30. The molecule has 3 rings (SSSR count). The van der Waals surface area contributed by atoms with Gasteiger partial charge in [0, 0.05) is 31.5 Å². The van der Waals surface area contributed by atoms with Crippen LogP contribution in [0, 0.1) is 6.92 Å². The number of carbonyl (C=O) groups excluding carboxylic acids is 2. The van der Waals surface area contributed by atoms with Crippen LogP contribution in [0.25, 0.3) is 0 Å². The van der Waals surface area contributed by atoms with Crippen LogP contribution in [0.3, 0.4) is 0 Å². The number of likely N-dealkylation sites (N-methyl/N-ethyl adjacent to an activating group) is 1. The van der Waals surface area contributed by atoms with Crippen molar-refractivity contribution in [1.82, 2.24) is 10.2 Å². The van der Waals surface area contributed by atoms with Crippen molar-refractivity contribution < 1.29 is 9.59 Å². The summed E-state index contributed by atoms with van der Waals surface area (Å²) < 4.78 is 0. The monoisotopic (exact) mass is 448 g/mol. The van der Waals surface area contributed by atoms with E-state index < -0.39 is 6.04 Å². The van der Waals surface area contributed by atoms with Crippen molar-refractivity contribution in [2.45, 2.75) is 38.8 Å². The van der Waals surface area contributed by atoms with Crippen LogP contribution >= 0.6 is 11.6 Å². The number of hydrogen-bond acceptors (Lipinski definition) is 2. The molecule has 1 N–H and O–H groups in total. The lowest BCUT2D eigenvalue weighted by atomic mass is 10.0. The topological polar surface area (TPSA) is 49.4 Å². The van der Waals surface area contributed by atoms with Crippen molar-refractivity contribution >= 4 is 23.4 Å². The zero-order valence-corrected chi connectivity index (χ0v) is 19.3. The van der Waals surface area contributed by atoms with Gasteiger partial charge in [-0.15, -0.1) is 0 Å². The van der Waals surface area contributed by atoms with Gasteiger partial charge in [0.2, 0.25) is 11.8 Å². The van der Waals surface area contributed by atoms with Gasteiger partial charge in [0.25, 0.3) is 0 Å². The maximum absolute atomic E-state index is 13.5. The highest BCUT2D eigenvalue weighted by molar-refractivity contribution is 6.31. The minimum Gasteiger partial charge on any atom is -0.357 e. The normalized spacial score (nSPS) is 11.6. The van der Waals surface area contributed by atoms with E-state index in [1.165, 1.54) is 5.56 Å². The van der Waals surface area contributed by atoms with Gasteiger partial charge in [0.15, 0.2) is 0 Å². The van der Waals surface area contributed by atoms with Crippen molar-refractivity contribution in [2.75, 3.05) is 7.05 Å². The summed E-state index contributed by atoms with van der Waals surface area (Å²) in [6.07, 6.45) is 1.36. The Morgan fingerprint density at radius 1 is 0.906 bits per heavy atom. The Morgan fingerprint density at radius 3 is 2.22 bits per heavy atom. The third-order valence-electron chi connectivity index (χ3n) is 5.56. The van der Waals surface area contributed by atoms with Crippen molar-refractivity contribution in [3.8, 4) is 0 Å². The van der Waals surface area contributed by atoms with Crippen LogP contribution in [0.5, 0.6) is 0 Å². The molecule has 5 heteroatoms. The first-order valence-corrected chi connectivity index (χ1v) is 11.2. The SMILES string of the molecule is CNC(=O)C(Cc1ccccc1)N(Cc1ccccc1Cl)C(=O)CCc1ccc(C)cc1. The number of aryl methyl sites for hydroxylation is 2. The van der Waals surface area contributed by atoms with E-state index in [0.29, 0.717) is 24.3 Å². The van der Waals surface area contributed by atoms with E-state index in [1.54, 1.807) is 18.0 Å². The van der Waals surface area contributed by atoms with Crippen molar-refractivity contribution in [1.29, 1.82) is 0 Å². The van der Waals surface area contributed by atoms with Crippen LogP contribution in [0.4, 0.5) is 0 Å². The number of nitrogens with one attached hydrogen (secondary N) is 1. The Kier molecular flexibility index (Phi) is 8.46. The van der Waals surface area contributed by atoms with E-state index in [1.807, 2.05) is 79.7 Å². The summed E-state index contributed by atoms with van der Waals surface area (Å²) in [5, 5.41) is 3.32. The summed E-state index contributed by atoms with van der Waals surface area (Å²) in [6.45, 7) is 2.31. The molecule has 0 fully saturated rings. The van der Waals surface area contributed by atoms with Crippen LogP contribution in [0.15, 0.2) is 78.9 Å². The van der Waals surface area contributed by atoms with Crippen LogP contribution in [0.1, 0.15) is 28.7 Å². The molecule has 0 aliphatic heterocycles. The Balaban J connectivity index is 1.87. The van der Waals surface area contributed by atoms with Gasteiger partial charge >= 0.3 is 0 Å². The van der Waals surface area contributed by atoms with E-state index in [4.69, 9.17) is 11.6 Å². The molecule has 0 spiro atoms. The van der Waals surface area contributed by atoms with E-state index in [0.717, 1.165) is 16.7 Å². The first-order chi connectivity index (χ1) is 15.5. The fourth-order valence-electron chi connectivity index (χ4n) is 3.68. The lowest BCUT2D eigenvalue weighted by Gasteiger charge is -2.31. The third kappa shape index (κ3) is 6.44. The summed E-state index contributed by atoms with van der Waals surface area (Å²) in [5.41, 5.74) is 4.10. The quantitative estimate of drug-likeness (QED) is 0.502. The molecule has 0 bridgehead atoms. The summed E-state index contributed by atoms with van der Waals surface area (Å²) in [4.78, 5) is 28.0. The molecule has 3 aromatic carbocycles. The zero-order valence-electron chi connectivity index (χ0n) is 18.6. The van der Waals surface area contributed by atoms with Crippen LogP contribution in [0.2, 0.25) is 5.02 Å². The van der Waals surface area contributed by atoms with Gasteiger partial charge in [-0.3, -0.25) is 9.59 Å². The predicted octanol–water partition coefficient (Wildman–Crippen LogP) is 4.97. The first kappa shape index (κ1) is 23.6. The molecule has 0 heterocycles. The molecule has 0 saturated carbocycles. The van der Waals surface area contributed by atoms with Crippen LogP contribution in [-0.2, 0) is 29.0 Å². The lowest BCUT2D eigenvalue weighted by Crippen LogP contribution is -2.49. The predicted molar refractivity (Wildman–Crippen MR) is 130 cm³/mol.